The molecule has 0 atom stereocenters. The number of fused-ring (bicyclic) bond motifs is 1. The van der Waals surface area contributed by atoms with Crippen LogP contribution >= 0.6 is 0 Å². The number of rotatable bonds is 6. The van der Waals surface area contributed by atoms with Crippen LogP contribution in [0.15, 0.2) is 42.6 Å². The van der Waals surface area contributed by atoms with Gasteiger partial charge in [-0.25, -0.2) is 0 Å². The molecule has 0 saturated carbocycles. The van der Waals surface area contributed by atoms with Crippen molar-refractivity contribution in [3.63, 3.8) is 0 Å². The van der Waals surface area contributed by atoms with E-state index in [4.69, 9.17) is 4.74 Å². The van der Waals surface area contributed by atoms with E-state index in [2.05, 4.69) is 15.4 Å². The Labute approximate surface area is 187 Å². The first-order valence-corrected chi connectivity index (χ1v) is 10.7. The molecule has 2 amide bonds. The molecule has 0 fully saturated rings. The minimum atomic E-state index is -0.223. The zero-order chi connectivity index (χ0) is 22.7. The number of carbonyl (C=O) groups is 2. The van der Waals surface area contributed by atoms with Crippen LogP contribution in [0.4, 0.5) is 0 Å². The number of hydrogen-bond donors (Lipinski definition) is 1. The number of amides is 2. The predicted molar refractivity (Wildman–Crippen MR) is 120 cm³/mol. The van der Waals surface area contributed by atoms with Gasteiger partial charge in [-0.3, -0.25) is 19.3 Å². The van der Waals surface area contributed by atoms with Crippen molar-refractivity contribution < 1.29 is 14.3 Å². The van der Waals surface area contributed by atoms with Gasteiger partial charge in [-0.2, -0.15) is 5.10 Å². The Morgan fingerprint density at radius 2 is 2.06 bits per heavy atom. The second-order valence-electron chi connectivity index (χ2n) is 7.81. The topological polar surface area (TPSA) is 89.4 Å². The maximum Gasteiger partial charge on any atom is 0.272 e. The molecule has 0 radical (unpaired) electrons. The Morgan fingerprint density at radius 1 is 1.22 bits per heavy atom. The van der Waals surface area contributed by atoms with Crippen molar-refractivity contribution in [2.45, 2.75) is 33.4 Å². The highest BCUT2D eigenvalue weighted by Gasteiger charge is 2.30. The van der Waals surface area contributed by atoms with Crippen molar-refractivity contribution in [3.8, 4) is 5.75 Å². The Balaban J connectivity index is 1.65. The fourth-order valence-electron chi connectivity index (χ4n) is 3.94. The minimum absolute atomic E-state index is 0.0921. The highest BCUT2D eigenvalue weighted by molar-refractivity contribution is 5.96. The summed E-state index contributed by atoms with van der Waals surface area (Å²) in [6.45, 7) is 5.68. The van der Waals surface area contributed by atoms with Crippen LogP contribution in [0.1, 0.15) is 50.3 Å². The highest BCUT2D eigenvalue weighted by Crippen LogP contribution is 2.25. The molecule has 166 valence electrons. The average molecular weight is 434 g/mol. The lowest BCUT2D eigenvalue weighted by molar-refractivity contribution is 0.0730. The van der Waals surface area contributed by atoms with E-state index in [9.17, 15) is 9.59 Å². The average Bonchev–Trinajstić information content (AvgIpc) is 3.17. The van der Waals surface area contributed by atoms with Crippen molar-refractivity contribution in [1.82, 2.24) is 25.0 Å². The Hall–Kier alpha value is -3.68. The quantitative estimate of drug-likeness (QED) is 0.645. The molecule has 8 heteroatoms. The molecule has 0 saturated heterocycles. The van der Waals surface area contributed by atoms with E-state index >= 15 is 0 Å². The number of benzene rings is 1. The summed E-state index contributed by atoms with van der Waals surface area (Å²) in [6, 6.07) is 11.4. The van der Waals surface area contributed by atoms with Crippen molar-refractivity contribution in [2.24, 2.45) is 0 Å². The molecule has 0 aliphatic carbocycles. The minimum Gasteiger partial charge on any atom is -0.497 e. The second-order valence-corrected chi connectivity index (χ2v) is 7.81. The number of ether oxygens (including phenoxy) is 1. The Morgan fingerprint density at radius 3 is 2.78 bits per heavy atom. The first-order valence-electron chi connectivity index (χ1n) is 10.7. The lowest BCUT2D eigenvalue weighted by Crippen LogP contribution is -2.37. The van der Waals surface area contributed by atoms with Gasteiger partial charge in [0.25, 0.3) is 11.8 Å². The Bertz CT molecular complexity index is 1140. The Kier molecular flexibility index (Phi) is 6.20. The lowest BCUT2D eigenvalue weighted by atomic mass is 10.0. The lowest BCUT2D eigenvalue weighted by Gasteiger charge is -2.28. The molecule has 1 aliphatic rings. The fourth-order valence-corrected chi connectivity index (χ4v) is 3.94. The number of aryl methyl sites for hydroxylation is 1. The second kappa shape index (κ2) is 9.21. The molecule has 3 heterocycles. The fraction of sp³-hybridized carbons (Fsp3) is 0.333. The number of aromatic nitrogens is 3. The summed E-state index contributed by atoms with van der Waals surface area (Å²) in [5.41, 5.74) is 4.60. The summed E-state index contributed by atoms with van der Waals surface area (Å²) < 4.78 is 7.21. The van der Waals surface area contributed by atoms with Gasteiger partial charge < -0.3 is 15.0 Å². The van der Waals surface area contributed by atoms with Gasteiger partial charge >= 0.3 is 0 Å². The van der Waals surface area contributed by atoms with Crippen LogP contribution in [-0.2, 0) is 19.5 Å². The predicted octanol–water partition coefficient (Wildman–Crippen LogP) is 2.59. The molecule has 0 spiro atoms. The van der Waals surface area contributed by atoms with Crippen LogP contribution in [0.3, 0.4) is 0 Å². The number of nitrogens with zero attached hydrogens (tertiary/aromatic N) is 4. The zero-order valence-corrected chi connectivity index (χ0v) is 18.6. The third-order valence-corrected chi connectivity index (χ3v) is 5.60. The molecular formula is C24H27N5O3. The summed E-state index contributed by atoms with van der Waals surface area (Å²) in [5, 5.41) is 7.49. The number of carbonyl (C=O) groups excluding carboxylic acids is 2. The molecule has 8 nitrogen and oxygen atoms in total. The molecule has 3 aromatic rings. The summed E-state index contributed by atoms with van der Waals surface area (Å²) in [7, 11) is 1.64. The number of hydrogen-bond acceptors (Lipinski definition) is 5. The molecule has 1 N–H and O–H groups in total. The van der Waals surface area contributed by atoms with Crippen molar-refractivity contribution in [1.29, 1.82) is 0 Å². The van der Waals surface area contributed by atoms with Crippen molar-refractivity contribution in [2.75, 3.05) is 20.2 Å². The summed E-state index contributed by atoms with van der Waals surface area (Å²) >= 11 is 0. The smallest absolute Gasteiger partial charge is 0.272 e. The van der Waals surface area contributed by atoms with Gasteiger partial charge in [-0.05, 0) is 43.7 Å². The van der Waals surface area contributed by atoms with Gasteiger partial charge in [0.15, 0.2) is 5.69 Å². The monoisotopic (exact) mass is 433 g/mol. The zero-order valence-electron chi connectivity index (χ0n) is 18.6. The number of methoxy groups -OCH3 is 1. The number of nitrogens with one attached hydrogen (secondary N) is 1. The van der Waals surface area contributed by atoms with Gasteiger partial charge in [-0.1, -0.05) is 12.1 Å². The normalized spacial score (nSPS) is 12.9. The van der Waals surface area contributed by atoms with Gasteiger partial charge in [0.05, 0.1) is 25.8 Å². The first-order chi connectivity index (χ1) is 15.5. The molecular weight excluding hydrogens is 406 g/mol. The van der Waals surface area contributed by atoms with Crippen LogP contribution in [0.25, 0.3) is 0 Å². The molecule has 2 aromatic heterocycles. The third kappa shape index (κ3) is 4.34. The molecule has 1 aliphatic heterocycles. The summed E-state index contributed by atoms with van der Waals surface area (Å²) in [5.74, 6) is 0.459. The van der Waals surface area contributed by atoms with E-state index in [1.54, 1.807) is 24.3 Å². The summed E-state index contributed by atoms with van der Waals surface area (Å²) in [6.07, 6.45) is 2.22. The molecule has 32 heavy (non-hydrogen) atoms. The van der Waals surface area contributed by atoms with E-state index in [0.717, 1.165) is 28.3 Å². The van der Waals surface area contributed by atoms with Crippen LogP contribution in [0.5, 0.6) is 5.75 Å². The third-order valence-electron chi connectivity index (χ3n) is 5.60. The van der Waals surface area contributed by atoms with E-state index in [-0.39, 0.29) is 11.8 Å². The molecule has 0 bridgehead atoms. The maximum atomic E-state index is 13.0. The molecule has 1 aromatic carbocycles. The standard InChI is InChI=1S/C24H27N5O3/c1-4-25-23(30)22-20-15-28(24(31)18-9-8-16(2)26-13-18)11-10-21(20)29(27-22)14-17-6-5-7-19(12-17)32-3/h5-9,12-13H,4,10-11,14-15H2,1-3H3,(H,25,30). The van der Waals surface area contributed by atoms with Gasteiger partial charge in [0, 0.05) is 42.7 Å². The molecule has 4 rings (SSSR count). The van der Waals surface area contributed by atoms with E-state index in [1.165, 1.54) is 0 Å². The van der Waals surface area contributed by atoms with Crippen LogP contribution < -0.4 is 10.1 Å². The van der Waals surface area contributed by atoms with Crippen LogP contribution in [0.2, 0.25) is 0 Å². The number of pyridine rings is 1. The van der Waals surface area contributed by atoms with Gasteiger partial charge in [0.1, 0.15) is 5.75 Å². The van der Waals surface area contributed by atoms with Gasteiger partial charge in [-0.15, -0.1) is 0 Å². The van der Waals surface area contributed by atoms with E-state index < -0.39 is 0 Å². The van der Waals surface area contributed by atoms with Crippen LogP contribution in [-0.4, -0.2) is 51.7 Å². The SMILES string of the molecule is CCNC(=O)c1nn(Cc2cccc(OC)c2)c2c1CN(C(=O)c1ccc(C)nc1)CC2. The highest BCUT2D eigenvalue weighted by atomic mass is 16.5. The molecule has 0 unspecified atom stereocenters. The van der Waals surface area contributed by atoms with Crippen molar-refractivity contribution in [3.05, 3.63) is 76.4 Å². The summed E-state index contributed by atoms with van der Waals surface area (Å²) in [4.78, 5) is 31.8. The van der Waals surface area contributed by atoms with Gasteiger partial charge in [0.2, 0.25) is 0 Å². The van der Waals surface area contributed by atoms with E-state index in [0.29, 0.717) is 43.9 Å². The van der Waals surface area contributed by atoms with E-state index in [1.807, 2.05) is 48.9 Å². The largest absolute Gasteiger partial charge is 0.497 e. The maximum absolute atomic E-state index is 13.0. The first kappa shape index (κ1) is 21.5. The van der Waals surface area contributed by atoms with Crippen LogP contribution in [0, 0.1) is 6.92 Å². The van der Waals surface area contributed by atoms with Crippen molar-refractivity contribution >= 4 is 11.8 Å².